The van der Waals surface area contributed by atoms with E-state index in [0.29, 0.717) is 18.9 Å². The Kier molecular flexibility index (Phi) is 5.70. The maximum absolute atomic E-state index is 12.7. The van der Waals surface area contributed by atoms with Gasteiger partial charge in [-0.25, -0.2) is 4.39 Å². The number of carbonyl (C=O) groups excluding carboxylic acids is 1. The van der Waals surface area contributed by atoms with Crippen LogP contribution in [0.4, 0.5) is 10.4 Å². The minimum atomic E-state index is -0.307. The van der Waals surface area contributed by atoms with Gasteiger partial charge < -0.3 is 9.15 Å². The number of methoxy groups -OCH3 is 1. The summed E-state index contributed by atoms with van der Waals surface area (Å²) in [7, 11) is 1.58. The highest BCUT2D eigenvalue weighted by Gasteiger charge is 2.10. The van der Waals surface area contributed by atoms with Gasteiger partial charge in [0.25, 0.3) is 0 Å². The molecule has 0 spiro atoms. The Labute approximate surface area is 125 Å². The summed E-state index contributed by atoms with van der Waals surface area (Å²) < 4.78 is 22.9. The molecule has 0 aliphatic heterocycles. The van der Waals surface area contributed by atoms with E-state index in [1.165, 1.54) is 23.9 Å². The molecule has 1 heterocycles. The quantitative estimate of drug-likeness (QED) is 0.789. The zero-order valence-electron chi connectivity index (χ0n) is 11.3. The molecule has 0 unspecified atom stereocenters. The number of carbonyl (C=O) groups is 1. The molecule has 0 aliphatic rings. The molecular weight excluding hydrogens is 297 g/mol. The van der Waals surface area contributed by atoms with Crippen LogP contribution in [0.2, 0.25) is 0 Å². The molecule has 21 heavy (non-hydrogen) atoms. The number of anilines is 1. The topological polar surface area (TPSA) is 77.3 Å². The van der Waals surface area contributed by atoms with Crippen molar-refractivity contribution in [2.75, 3.05) is 24.8 Å². The molecule has 2 aromatic rings. The third kappa shape index (κ3) is 5.16. The van der Waals surface area contributed by atoms with Crippen LogP contribution in [0.3, 0.4) is 0 Å². The van der Waals surface area contributed by atoms with E-state index in [1.807, 2.05) is 0 Å². The maximum Gasteiger partial charge on any atom is 0.322 e. The van der Waals surface area contributed by atoms with Gasteiger partial charge in [0, 0.05) is 18.4 Å². The van der Waals surface area contributed by atoms with Crippen molar-refractivity contribution < 1.29 is 18.3 Å². The lowest BCUT2D eigenvalue weighted by atomic mass is 10.4. The number of hydrogen-bond acceptors (Lipinski definition) is 6. The molecule has 1 amide bonds. The molecule has 0 fully saturated rings. The Bertz CT molecular complexity index is 589. The molecule has 0 aliphatic carbocycles. The van der Waals surface area contributed by atoms with Crippen LogP contribution >= 0.6 is 11.8 Å². The predicted octanol–water partition coefficient (Wildman–Crippen LogP) is 2.13. The fourth-order valence-corrected chi connectivity index (χ4v) is 2.13. The Morgan fingerprint density at radius 1 is 1.38 bits per heavy atom. The molecule has 1 N–H and O–H groups in total. The number of amides is 1. The van der Waals surface area contributed by atoms with Gasteiger partial charge in [0.2, 0.25) is 11.8 Å². The Morgan fingerprint density at radius 2 is 2.14 bits per heavy atom. The van der Waals surface area contributed by atoms with Crippen LogP contribution in [0.25, 0.3) is 0 Å². The number of benzene rings is 1. The zero-order valence-corrected chi connectivity index (χ0v) is 12.2. The van der Waals surface area contributed by atoms with Crippen molar-refractivity contribution >= 4 is 23.7 Å². The first-order valence-corrected chi connectivity index (χ1v) is 7.15. The van der Waals surface area contributed by atoms with E-state index >= 15 is 0 Å². The van der Waals surface area contributed by atoms with Gasteiger partial charge in [0.15, 0.2) is 0 Å². The van der Waals surface area contributed by atoms with Gasteiger partial charge in [-0.3, -0.25) is 10.1 Å². The lowest BCUT2D eigenvalue weighted by Crippen LogP contribution is -2.14. The van der Waals surface area contributed by atoms with Crippen molar-refractivity contribution in [3.63, 3.8) is 0 Å². The van der Waals surface area contributed by atoms with Crippen molar-refractivity contribution in [1.29, 1.82) is 0 Å². The summed E-state index contributed by atoms with van der Waals surface area (Å²) in [6.07, 6.45) is 0.490. The number of aromatic nitrogens is 2. The van der Waals surface area contributed by atoms with Crippen LogP contribution in [0.5, 0.6) is 0 Å². The third-order valence-electron chi connectivity index (χ3n) is 2.42. The minimum Gasteiger partial charge on any atom is -0.408 e. The van der Waals surface area contributed by atoms with Crippen LogP contribution in [-0.2, 0) is 16.0 Å². The number of thioether (sulfide) groups is 1. The lowest BCUT2D eigenvalue weighted by Gasteiger charge is -2.01. The van der Waals surface area contributed by atoms with Crippen molar-refractivity contribution in [1.82, 2.24) is 10.2 Å². The van der Waals surface area contributed by atoms with E-state index in [-0.39, 0.29) is 23.5 Å². The first kappa shape index (κ1) is 15.5. The van der Waals surface area contributed by atoms with E-state index in [4.69, 9.17) is 9.15 Å². The smallest absolute Gasteiger partial charge is 0.322 e. The summed E-state index contributed by atoms with van der Waals surface area (Å²) in [4.78, 5) is 12.5. The van der Waals surface area contributed by atoms with Crippen LogP contribution in [0.15, 0.2) is 33.6 Å². The number of nitrogens with zero attached hydrogens (tertiary/aromatic N) is 2. The number of hydrogen-bond donors (Lipinski definition) is 1. The summed E-state index contributed by atoms with van der Waals surface area (Å²) in [5, 5.41) is 9.99. The second-order valence-electron chi connectivity index (χ2n) is 4.03. The average molecular weight is 311 g/mol. The van der Waals surface area contributed by atoms with Crippen molar-refractivity contribution in [3.8, 4) is 0 Å². The molecule has 0 bridgehead atoms. The van der Waals surface area contributed by atoms with Crippen LogP contribution < -0.4 is 5.32 Å². The first-order chi connectivity index (χ1) is 10.2. The van der Waals surface area contributed by atoms with E-state index < -0.39 is 0 Å². The summed E-state index contributed by atoms with van der Waals surface area (Å²) in [5.74, 6) is -0.00984. The fourth-order valence-electron chi connectivity index (χ4n) is 1.43. The average Bonchev–Trinajstić information content (AvgIpc) is 2.92. The van der Waals surface area contributed by atoms with E-state index in [1.54, 1.807) is 19.2 Å². The van der Waals surface area contributed by atoms with E-state index in [2.05, 4.69) is 15.5 Å². The van der Waals surface area contributed by atoms with Gasteiger partial charge in [-0.15, -0.1) is 16.9 Å². The number of nitrogens with one attached hydrogen (secondary N) is 1. The van der Waals surface area contributed by atoms with Crippen molar-refractivity contribution in [2.24, 2.45) is 0 Å². The van der Waals surface area contributed by atoms with Crippen LogP contribution in [-0.4, -0.2) is 35.6 Å². The summed E-state index contributed by atoms with van der Waals surface area (Å²) in [6.45, 7) is 0.468. The summed E-state index contributed by atoms with van der Waals surface area (Å²) in [5.41, 5.74) is 0. The van der Waals surface area contributed by atoms with E-state index in [0.717, 1.165) is 4.90 Å². The molecule has 0 saturated heterocycles. The molecule has 0 atom stereocenters. The summed E-state index contributed by atoms with van der Waals surface area (Å²) in [6, 6.07) is 5.98. The van der Waals surface area contributed by atoms with Gasteiger partial charge >= 0.3 is 6.01 Å². The predicted molar refractivity (Wildman–Crippen MR) is 75.6 cm³/mol. The molecule has 0 radical (unpaired) electrons. The molecule has 1 aromatic heterocycles. The van der Waals surface area contributed by atoms with Crippen molar-refractivity contribution in [2.45, 2.75) is 11.3 Å². The van der Waals surface area contributed by atoms with Gasteiger partial charge in [-0.2, -0.15) is 0 Å². The molecule has 6 nitrogen and oxygen atoms in total. The monoisotopic (exact) mass is 311 g/mol. The molecule has 1 aromatic carbocycles. The Balaban J connectivity index is 1.78. The standard InChI is InChI=1S/C13H14FN3O3S/c1-19-7-6-12-16-17-13(20-12)15-11(18)8-21-10-4-2-9(14)3-5-10/h2-5H,6-8H2,1H3,(H,15,17,18). The molecule has 2 rings (SSSR count). The molecule has 112 valence electrons. The minimum absolute atomic E-state index is 0.0609. The van der Waals surface area contributed by atoms with Crippen LogP contribution in [0, 0.1) is 5.82 Å². The number of ether oxygens (including phenoxy) is 1. The largest absolute Gasteiger partial charge is 0.408 e. The highest BCUT2D eigenvalue weighted by Crippen LogP contribution is 2.18. The van der Waals surface area contributed by atoms with Gasteiger partial charge in [0.05, 0.1) is 12.4 Å². The Morgan fingerprint density at radius 3 is 2.86 bits per heavy atom. The van der Waals surface area contributed by atoms with E-state index in [9.17, 15) is 9.18 Å². The zero-order chi connectivity index (χ0) is 15.1. The summed E-state index contributed by atoms with van der Waals surface area (Å²) >= 11 is 1.29. The van der Waals surface area contributed by atoms with Gasteiger partial charge in [-0.05, 0) is 24.3 Å². The fraction of sp³-hybridized carbons (Fsp3) is 0.308. The first-order valence-electron chi connectivity index (χ1n) is 6.17. The van der Waals surface area contributed by atoms with Crippen molar-refractivity contribution in [3.05, 3.63) is 36.0 Å². The molecular formula is C13H14FN3O3S. The second kappa shape index (κ2) is 7.75. The third-order valence-corrected chi connectivity index (χ3v) is 3.43. The Hall–Kier alpha value is -1.93. The normalized spacial score (nSPS) is 10.6. The molecule has 8 heteroatoms. The van der Waals surface area contributed by atoms with Crippen LogP contribution in [0.1, 0.15) is 5.89 Å². The molecule has 0 saturated carbocycles. The number of rotatable bonds is 7. The van der Waals surface area contributed by atoms with Gasteiger partial charge in [-0.1, -0.05) is 5.10 Å². The maximum atomic E-state index is 12.7. The SMILES string of the molecule is COCCc1nnc(NC(=O)CSc2ccc(F)cc2)o1. The van der Waals surface area contributed by atoms with Gasteiger partial charge in [0.1, 0.15) is 5.82 Å². The highest BCUT2D eigenvalue weighted by atomic mass is 32.2. The number of halogens is 1. The highest BCUT2D eigenvalue weighted by molar-refractivity contribution is 8.00. The second-order valence-corrected chi connectivity index (χ2v) is 5.08. The lowest BCUT2D eigenvalue weighted by molar-refractivity contribution is -0.113.